The van der Waals surface area contributed by atoms with Gasteiger partial charge in [-0.05, 0) is 18.1 Å². The molecule has 0 saturated heterocycles. The molecule has 2 rings (SSSR count). The van der Waals surface area contributed by atoms with Crippen LogP contribution in [0.1, 0.15) is 24.1 Å². The molecule has 4 heteroatoms. The molecule has 2 N–H and O–H groups in total. The van der Waals surface area contributed by atoms with Gasteiger partial charge in [-0.2, -0.15) is 0 Å². The Morgan fingerprint density at radius 3 is 2.30 bits per heavy atom. The Morgan fingerprint density at radius 2 is 1.65 bits per heavy atom. The van der Waals surface area contributed by atoms with Crippen LogP contribution in [0.15, 0.2) is 60.7 Å². The lowest BCUT2D eigenvalue weighted by Crippen LogP contribution is -2.36. The molecule has 1 atom stereocenters. The molecule has 0 saturated carbocycles. The van der Waals surface area contributed by atoms with E-state index in [0.717, 1.165) is 11.1 Å². The number of benzene rings is 2. The monoisotopic (exact) mass is 270 g/mol. The van der Waals surface area contributed by atoms with Gasteiger partial charge in [0.2, 0.25) is 0 Å². The summed E-state index contributed by atoms with van der Waals surface area (Å²) in [4.78, 5) is 16.8. The van der Waals surface area contributed by atoms with E-state index in [0.29, 0.717) is 6.61 Å². The van der Waals surface area contributed by atoms with Gasteiger partial charge in [0.15, 0.2) is 0 Å². The lowest BCUT2D eigenvalue weighted by atomic mass is 10.1. The van der Waals surface area contributed by atoms with Crippen molar-refractivity contribution in [1.82, 2.24) is 10.8 Å². The molecule has 2 aromatic rings. The number of hydrogen-bond acceptors (Lipinski definition) is 2. The van der Waals surface area contributed by atoms with E-state index in [9.17, 15) is 4.79 Å². The summed E-state index contributed by atoms with van der Waals surface area (Å²) in [5.41, 5.74) is 4.43. The van der Waals surface area contributed by atoms with E-state index >= 15 is 0 Å². The molecule has 20 heavy (non-hydrogen) atoms. The van der Waals surface area contributed by atoms with E-state index in [1.165, 1.54) is 0 Å². The maximum absolute atomic E-state index is 11.7. The molecule has 2 aromatic carbocycles. The fraction of sp³-hybridized carbons (Fsp3) is 0.188. The number of nitrogens with one attached hydrogen (secondary N) is 2. The SMILES string of the molecule is CC(NC(=O)NOCc1ccccc1)c1ccccc1. The van der Waals surface area contributed by atoms with E-state index in [1.807, 2.05) is 67.6 Å². The van der Waals surface area contributed by atoms with Crippen LogP contribution in [0.3, 0.4) is 0 Å². The average Bonchev–Trinajstić information content (AvgIpc) is 2.49. The van der Waals surface area contributed by atoms with Crippen molar-refractivity contribution in [3.8, 4) is 0 Å². The molecule has 0 radical (unpaired) electrons. The summed E-state index contributed by atoms with van der Waals surface area (Å²) >= 11 is 0. The molecule has 0 bridgehead atoms. The third-order valence-electron chi connectivity index (χ3n) is 2.89. The standard InChI is InChI=1S/C16H18N2O2/c1-13(15-10-6-3-7-11-15)17-16(19)18-20-12-14-8-4-2-5-9-14/h2-11,13H,12H2,1H3,(H2,17,18,19). The Kier molecular flexibility index (Phi) is 5.15. The number of hydrogen-bond donors (Lipinski definition) is 2. The maximum atomic E-state index is 11.7. The predicted octanol–water partition coefficient (Wildman–Crippen LogP) is 3.18. The molecule has 104 valence electrons. The van der Waals surface area contributed by atoms with Gasteiger partial charge in [-0.15, -0.1) is 0 Å². The predicted molar refractivity (Wildman–Crippen MR) is 77.8 cm³/mol. The summed E-state index contributed by atoms with van der Waals surface area (Å²) in [6.07, 6.45) is 0. The molecule has 0 spiro atoms. The van der Waals surface area contributed by atoms with Gasteiger partial charge >= 0.3 is 6.03 Å². The number of carbonyl (C=O) groups is 1. The Balaban J connectivity index is 1.73. The molecular formula is C16H18N2O2. The second-order valence-corrected chi connectivity index (χ2v) is 4.48. The van der Waals surface area contributed by atoms with Crippen LogP contribution in [0.2, 0.25) is 0 Å². The summed E-state index contributed by atoms with van der Waals surface area (Å²) in [6, 6.07) is 19.0. The highest BCUT2D eigenvalue weighted by Gasteiger charge is 2.08. The Morgan fingerprint density at radius 1 is 1.05 bits per heavy atom. The van der Waals surface area contributed by atoms with Crippen molar-refractivity contribution in [2.24, 2.45) is 0 Å². The summed E-state index contributed by atoms with van der Waals surface area (Å²) in [5.74, 6) is 0. The first-order valence-corrected chi connectivity index (χ1v) is 6.53. The number of urea groups is 1. The molecular weight excluding hydrogens is 252 g/mol. The van der Waals surface area contributed by atoms with Crippen molar-refractivity contribution in [3.05, 3.63) is 71.8 Å². The molecule has 0 aliphatic carbocycles. The summed E-state index contributed by atoms with van der Waals surface area (Å²) in [6.45, 7) is 2.26. The van der Waals surface area contributed by atoms with Crippen molar-refractivity contribution in [1.29, 1.82) is 0 Å². The topological polar surface area (TPSA) is 50.4 Å². The second-order valence-electron chi connectivity index (χ2n) is 4.48. The Bertz CT molecular complexity index is 529. The van der Waals surface area contributed by atoms with Crippen molar-refractivity contribution >= 4 is 6.03 Å². The van der Waals surface area contributed by atoms with E-state index in [4.69, 9.17) is 4.84 Å². The first-order chi connectivity index (χ1) is 9.75. The minimum atomic E-state index is -0.350. The van der Waals surface area contributed by atoms with Gasteiger partial charge in [0.1, 0.15) is 0 Å². The van der Waals surface area contributed by atoms with E-state index < -0.39 is 0 Å². The third-order valence-corrected chi connectivity index (χ3v) is 2.89. The average molecular weight is 270 g/mol. The van der Waals surface area contributed by atoms with Gasteiger partial charge in [-0.1, -0.05) is 60.7 Å². The van der Waals surface area contributed by atoms with Crippen molar-refractivity contribution < 1.29 is 9.63 Å². The fourth-order valence-corrected chi connectivity index (χ4v) is 1.81. The highest BCUT2D eigenvalue weighted by Crippen LogP contribution is 2.10. The number of amides is 2. The van der Waals surface area contributed by atoms with Gasteiger partial charge in [0, 0.05) is 0 Å². The van der Waals surface area contributed by atoms with Gasteiger partial charge in [-0.3, -0.25) is 4.84 Å². The van der Waals surface area contributed by atoms with Crippen LogP contribution in [-0.2, 0) is 11.4 Å². The molecule has 4 nitrogen and oxygen atoms in total. The molecule has 1 unspecified atom stereocenters. The smallest absolute Gasteiger partial charge is 0.330 e. The minimum absolute atomic E-state index is 0.0727. The fourth-order valence-electron chi connectivity index (χ4n) is 1.81. The molecule has 0 aliphatic rings. The van der Waals surface area contributed by atoms with Crippen molar-refractivity contribution in [2.45, 2.75) is 19.6 Å². The Labute approximate surface area is 118 Å². The van der Waals surface area contributed by atoms with Crippen molar-refractivity contribution in [3.63, 3.8) is 0 Å². The summed E-state index contributed by atoms with van der Waals surface area (Å²) in [7, 11) is 0. The van der Waals surface area contributed by atoms with Gasteiger partial charge in [0.05, 0.1) is 12.6 Å². The highest BCUT2D eigenvalue weighted by atomic mass is 16.7. The largest absolute Gasteiger partial charge is 0.339 e. The summed E-state index contributed by atoms with van der Waals surface area (Å²) < 4.78 is 0. The van der Waals surface area contributed by atoms with Crippen LogP contribution in [-0.4, -0.2) is 6.03 Å². The first-order valence-electron chi connectivity index (χ1n) is 6.53. The zero-order valence-electron chi connectivity index (χ0n) is 11.4. The molecule has 0 heterocycles. The molecule has 0 fully saturated rings. The van der Waals surface area contributed by atoms with Crippen LogP contribution < -0.4 is 10.8 Å². The number of rotatable bonds is 5. The first kappa shape index (κ1) is 14.1. The normalized spacial score (nSPS) is 11.7. The minimum Gasteiger partial charge on any atom is -0.330 e. The van der Waals surface area contributed by atoms with Gasteiger partial charge in [0.25, 0.3) is 0 Å². The summed E-state index contributed by atoms with van der Waals surface area (Å²) in [5, 5.41) is 2.81. The quantitative estimate of drug-likeness (QED) is 0.820. The van der Waals surface area contributed by atoms with Crippen LogP contribution >= 0.6 is 0 Å². The van der Waals surface area contributed by atoms with Gasteiger partial charge < -0.3 is 5.32 Å². The maximum Gasteiger partial charge on any atom is 0.339 e. The molecule has 0 aliphatic heterocycles. The zero-order chi connectivity index (χ0) is 14.2. The van der Waals surface area contributed by atoms with Crippen LogP contribution in [0, 0.1) is 0 Å². The van der Waals surface area contributed by atoms with E-state index in [1.54, 1.807) is 0 Å². The lowest BCUT2D eigenvalue weighted by Gasteiger charge is -2.14. The lowest BCUT2D eigenvalue weighted by molar-refractivity contribution is 0.0483. The van der Waals surface area contributed by atoms with E-state index in [2.05, 4.69) is 10.8 Å². The second kappa shape index (κ2) is 7.31. The number of hydroxylamine groups is 1. The van der Waals surface area contributed by atoms with Crippen molar-refractivity contribution in [2.75, 3.05) is 0 Å². The highest BCUT2D eigenvalue weighted by molar-refractivity contribution is 5.73. The third kappa shape index (κ3) is 4.40. The van der Waals surface area contributed by atoms with Gasteiger partial charge in [-0.25, -0.2) is 10.3 Å². The van der Waals surface area contributed by atoms with Crippen LogP contribution in [0.4, 0.5) is 4.79 Å². The molecule has 0 aromatic heterocycles. The molecule has 2 amide bonds. The van der Waals surface area contributed by atoms with Crippen LogP contribution in [0.5, 0.6) is 0 Å². The van der Waals surface area contributed by atoms with Crippen LogP contribution in [0.25, 0.3) is 0 Å². The Hall–Kier alpha value is -2.33. The number of carbonyl (C=O) groups excluding carboxylic acids is 1. The van der Waals surface area contributed by atoms with E-state index in [-0.39, 0.29) is 12.1 Å². The zero-order valence-corrected chi connectivity index (χ0v) is 11.4.